The lowest BCUT2D eigenvalue weighted by molar-refractivity contribution is 0.430. The van der Waals surface area contributed by atoms with Crippen LogP contribution < -0.4 is 4.72 Å². The highest BCUT2D eigenvalue weighted by Gasteiger charge is 2.22. The molecule has 1 heterocycles. The molecule has 0 aliphatic carbocycles. The third-order valence-corrected chi connectivity index (χ3v) is 5.10. The van der Waals surface area contributed by atoms with Crippen LogP contribution >= 0.6 is 11.6 Å². The summed E-state index contributed by atoms with van der Waals surface area (Å²) in [4.78, 5) is 0.229. The van der Waals surface area contributed by atoms with E-state index in [4.69, 9.17) is 16.1 Å². The first-order valence-electron chi connectivity index (χ1n) is 6.65. The smallest absolute Gasteiger partial charge is 0.264 e. The first-order chi connectivity index (χ1) is 9.89. The number of aromatic nitrogens is 1. The molecule has 7 heteroatoms. The second kappa shape index (κ2) is 6.07. The van der Waals surface area contributed by atoms with E-state index >= 15 is 0 Å². The van der Waals surface area contributed by atoms with Gasteiger partial charge in [0.25, 0.3) is 15.9 Å². The van der Waals surface area contributed by atoms with Crippen LogP contribution in [-0.2, 0) is 22.9 Å². The van der Waals surface area contributed by atoms with Crippen molar-refractivity contribution in [1.82, 2.24) is 5.16 Å². The molecule has 2 aromatic rings. The molecule has 0 radical (unpaired) electrons. The molecule has 0 saturated carbocycles. The Morgan fingerprint density at radius 2 is 2.00 bits per heavy atom. The second-order valence-electron chi connectivity index (χ2n) is 4.67. The van der Waals surface area contributed by atoms with Gasteiger partial charge in [0.05, 0.1) is 4.90 Å². The number of nitrogens with one attached hydrogen (secondary N) is 1. The molecule has 1 N–H and O–H groups in total. The van der Waals surface area contributed by atoms with Crippen molar-refractivity contribution in [2.24, 2.45) is 0 Å². The molecule has 0 amide bonds. The van der Waals surface area contributed by atoms with Crippen LogP contribution in [0.1, 0.15) is 30.7 Å². The van der Waals surface area contributed by atoms with Gasteiger partial charge in [0, 0.05) is 0 Å². The maximum atomic E-state index is 12.5. The van der Waals surface area contributed by atoms with Gasteiger partial charge in [0.15, 0.2) is 0 Å². The molecule has 0 bridgehead atoms. The normalized spacial score (nSPS) is 11.6. The maximum absolute atomic E-state index is 12.5. The van der Waals surface area contributed by atoms with E-state index in [0.717, 1.165) is 17.5 Å². The maximum Gasteiger partial charge on any atom is 0.264 e. The van der Waals surface area contributed by atoms with Gasteiger partial charge in [-0.1, -0.05) is 42.7 Å². The Morgan fingerprint density at radius 1 is 1.29 bits per heavy atom. The van der Waals surface area contributed by atoms with Crippen molar-refractivity contribution in [1.29, 1.82) is 0 Å². The summed E-state index contributed by atoms with van der Waals surface area (Å²) >= 11 is 5.94. The monoisotopic (exact) mass is 328 g/mol. The van der Waals surface area contributed by atoms with Crippen LogP contribution in [0.15, 0.2) is 27.6 Å². The van der Waals surface area contributed by atoms with Gasteiger partial charge >= 0.3 is 0 Å². The number of hydrogen-bond donors (Lipinski definition) is 1. The zero-order valence-electron chi connectivity index (χ0n) is 12.1. The molecule has 2 rings (SSSR count). The second-order valence-corrected chi connectivity index (χ2v) is 6.69. The number of halogens is 1. The number of sulfonamides is 1. The van der Waals surface area contributed by atoms with Crippen molar-refractivity contribution in [2.45, 2.75) is 38.5 Å². The van der Waals surface area contributed by atoms with E-state index in [9.17, 15) is 8.42 Å². The van der Waals surface area contributed by atoms with E-state index < -0.39 is 10.0 Å². The molecule has 0 unspecified atom stereocenters. The van der Waals surface area contributed by atoms with E-state index in [-0.39, 0.29) is 15.8 Å². The predicted octanol–water partition coefficient (Wildman–Crippen LogP) is 3.56. The van der Waals surface area contributed by atoms with E-state index in [1.165, 1.54) is 0 Å². The van der Waals surface area contributed by atoms with Crippen molar-refractivity contribution < 1.29 is 12.9 Å². The minimum Gasteiger partial charge on any atom is -0.336 e. The lowest BCUT2D eigenvalue weighted by Gasteiger charge is -2.11. The quantitative estimate of drug-likeness (QED) is 0.910. The van der Waals surface area contributed by atoms with Gasteiger partial charge in [-0.2, -0.15) is 0 Å². The molecule has 1 aromatic carbocycles. The Hall–Kier alpha value is -1.53. The van der Waals surface area contributed by atoms with Crippen LogP contribution in [0.25, 0.3) is 0 Å². The Morgan fingerprint density at radius 3 is 2.52 bits per heavy atom. The molecule has 0 atom stereocenters. The summed E-state index contributed by atoms with van der Waals surface area (Å²) in [5.41, 5.74) is 2.29. The molecule has 0 spiro atoms. The van der Waals surface area contributed by atoms with Gasteiger partial charge in [-0.3, -0.25) is 0 Å². The number of rotatable bonds is 5. The first kappa shape index (κ1) is 15.9. The summed E-state index contributed by atoms with van der Waals surface area (Å²) in [7, 11) is -3.76. The van der Waals surface area contributed by atoms with Gasteiger partial charge in [0.1, 0.15) is 10.7 Å². The van der Waals surface area contributed by atoms with Crippen LogP contribution in [-0.4, -0.2) is 13.6 Å². The zero-order chi connectivity index (χ0) is 15.6. The predicted molar refractivity (Wildman–Crippen MR) is 82.3 cm³/mol. The molecule has 1 aromatic heterocycles. The Balaban J connectivity index is 2.42. The van der Waals surface area contributed by atoms with Crippen molar-refractivity contribution in [3.05, 3.63) is 40.0 Å². The summed E-state index contributed by atoms with van der Waals surface area (Å²) in [6.45, 7) is 5.58. The van der Waals surface area contributed by atoms with Crippen LogP contribution in [0, 0.1) is 6.92 Å². The largest absolute Gasteiger partial charge is 0.336 e. The summed E-state index contributed by atoms with van der Waals surface area (Å²) in [5.74, 6) is -0.0595. The standard InChI is InChI=1S/C14H17ClN2O3S/c1-4-10-6-7-12(11(5-2)8-10)21(18,19)17-14-13(15)9(3)16-20-14/h6-8,17H,4-5H2,1-3H3. The van der Waals surface area contributed by atoms with Gasteiger partial charge in [-0.15, -0.1) is 0 Å². The molecular formula is C14H17ClN2O3S. The Bertz CT molecular complexity index is 754. The van der Waals surface area contributed by atoms with Crippen LogP contribution in [0.3, 0.4) is 0 Å². The average molecular weight is 329 g/mol. The minimum atomic E-state index is -3.76. The number of hydrogen-bond acceptors (Lipinski definition) is 4. The van der Waals surface area contributed by atoms with E-state index in [1.54, 1.807) is 19.1 Å². The number of aryl methyl sites for hydroxylation is 3. The average Bonchev–Trinajstić information content (AvgIpc) is 2.78. The summed E-state index contributed by atoms with van der Waals surface area (Å²) in [6, 6.07) is 5.32. The summed E-state index contributed by atoms with van der Waals surface area (Å²) in [5, 5.41) is 3.80. The van der Waals surface area contributed by atoms with Crippen molar-refractivity contribution in [3.63, 3.8) is 0 Å². The van der Waals surface area contributed by atoms with Gasteiger partial charge in [0.2, 0.25) is 0 Å². The Labute approximate surface area is 129 Å². The molecule has 21 heavy (non-hydrogen) atoms. The molecular weight excluding hydrogens is 312 g/mol. The van der Waals surface area contributed by atoms with Crippen molar-refractivity contribution in [3.8, 4) is 0 Å². The minimum absolute atomic E-state index is 0.0595. The van der Waals surface area contributed by atoms with Crippen LogP contribution in [0.2, 0.25) is 5.02 Å². The molecule has 0 aliphatic rings. The Kier molecular flexibility index (Phi) is 4.58. The van der Waals surface area contributed by atoms with Gasteiger partial charge in [-0.05, 0) is 37.0 Å². The summed E-state index contributed by atoms with van der Waals surface area (Å²) < 4.78 is 32.2. The number of benzene rings is 1. The molecule has 0 fully saturated rings. The van der Waals surface area contributed by atoms with Crippen LogP contribution in [0.5, 0.6) is 0 Å². The molecule has 114 valence electrons. The summed E-state index contributed by atoms with van der Waals surface area (Å²) in [6.07, 6.45) is 1.47. The van der Waals surface area contributed by atoms with Gasteiger partial charge < -0.3 is 4.52 Å². The third-order valence-electron chi connectivity index (χ3n) is 3.22. The highest BCUT2D eigenvalue weighted by molar-refractivity contribution is 7.92. The zero-order valence-corrected chi connectivity index (χ0v) is 13.7. The SMILES string of the molecule is CCc1ccc(S(=O)(=O)Nc2onc(C)c2Cl)c(CC)c1. The van der Waals surface area contributed by atoms with E-state index in [0.29, 0.717) is 12.1 Å². The van der Waals surface area contributed by atoms with Crippen molar-refractivity contribution >= 4 is 27.5 Å². The van der Waals surface area contributed by atoms with E-state index in [1.807, 2.05) is 19.9 Å². The number of nitrogens with zero attached hydrogens (tertiary/aromatic N) is 1. The topological polar surface area (TPSA) is 72.2 Å². The lowest BCUT2D eigenvalue weighted by atomic mass is 10.1. The fourth-order valence-electron chi connectivity index (χ4n) is 1.99. The fraction of sp³-hybridized carbons (Fsp3) is 0.357. The highest BCUT2D eigenvalue weighted by atomic mass is 35.5. The molecule has 0 aliphatic heterocycles. The number of anilines is 1. The fourth-order valence-corrected chi connectivity index (χ4v) is 3.45. The van der Waals surface area contributed by atoms with Crippen molar-refractivity contribution in [2.75, 3.05) is 4.72 Å². The highest BCUT2D eigenvalue weighted by Crippen LogP contribution is 2.28. The molecule has 5 nitrogen and oxygen atoms in total. The van der Waals surface area contributed by atoms with E-state index in [2.05, 4.69) is 9.88 Å². The first-order valence-corrected chi connectivity index (χ1v) is 8.51. The van der Waals surface area contributed by atoms with Gasteiger partial charge in [-0.25, -0.2) is 13.1 Å². The lowest BCUT2D eigenvalue weighted by Crippen LogP contribution is -2.15. The molecule has 0 saturated heterocycles. The third kappa shape index (κ3) is 3.22. The van der Waals surface area contributed by atoms with Crippen LogP contribution in [0.4, 0.5) is 5.88 Å².